The van der Waals surface area contributed by atoms with Crippen molar-refractivity contribution >= 4 is 5.91 Å². The first-order valence-electron chi connectivity index (χ1n) is 7.49. The first kappa shape index (κ1) is 13.8. The normalized spacial score (nSPS) is 17.3. The smallest absolute Gasteiger partial charge is 0.251 e. The molecule has 110 valence electrons. The fourth-order valence-corrected chi connectivity index (χ4v) is 2.85. The van der Waals surface area contributed by atoms with E-state index in [-0.39, 0.29) is 5.91 Å². The Kier molecular flexibility index (Phi) is 3.99. The minimum atomic E-state index is 0.00293. The number of pyridine rings is 1. The van der Waals surface area contributed by atoms with Crippen LogP contribution in [0, 0.1) is 5.92 Å². The van der Waals surface area contributed by atoms with E-state index in [0.29, 0.717) is 12.5 Å². The zero-order chi connectivity index (χ0) is 14.7. The predicted octanol–water partition coefficient (Wildman–Crippen LogP) is 1.83. The summed E-state index contributed by atoms with van der Waals surface area (Å²) in [6.45, 7) is 3.73. The molecule has 2 aromatic rings. The van der Waals surface area contributed by atoms with E-state index in [1.165, 1.54) is 0 Å². The Bertz CT molecular complexity index is 635. The van der Waals surface area contributed by atoms with Crippen molar-refractivity contribution < 1.29 is 4.79 Å². The van der Waals surface area contributed by atoms with Gasteiger partial charge >= 0.3 is 0 Å². The molecule has 0 radical (unpaired) electrons. The molecule has 0 unspecified atom stereocenters. The minimum Gasteiger partial charge on any atom is -0.352 e. The second-order valence-corrected chi connectivity index (χ2v) is 5.49. The topological polar surface area (TPSA) is 59.8 Å². The summed E-state index contributed by atoms with van der Waals surface area (Å²) in [5, 5.41) is 3.06. The molecule has 5 nitrogen and oxygen atoms in total. The third-order valence-corrected chi connectivity index (χ3v) is 4.13. The van der Waals surface area contributed by atoms with E-state index in [1.807, 2.05) is 19.3 Å². The van der Waals surface area contributed by atoms with Crippen LogP contribution in [-0.2, 0) is 19.4 Å². The second kappa shape index (κ2) is 6.08. The van der Waals surface area contributed by atoms with E-state index in [1.54, 1.807) is 18.5 Å². The van der Waals surface area contributed by atoms with Crippen molar-refractivity contribution in [3.8, 4) is 0 Å². The number of aromatic nitrogens is 3. The average Bonchev–Trinajstić information content (AvgIpc) is 3.00. The third-order valence-electron chi connectivity index (χ3n) is 4.13. The summed E-state index contributed by atoms with van der Waals surface area (Å²) >= 11 is 0. The Hall–Kier alpha value is -2.17. The maximum atomic E-state index is 12.3. The number of carbonyl (C=O) groups excluding carboxylic acids is 1. The van der Waals surface area contributed by atoms with Gasteiger partial charge in [-0.1, -0.05) is 6.92 Å². The van der Waals surface area contributed by atoms with Crippen LogP contribution in [0.1, 0.15) is 35.1 Å². The molecule has 0 spiro atoms. The summed E-state index contributed by atoms with van der Waals surface area (Å²) in [6, 6.07) is 1.79. The molecule has 1 atom stereocenters. The van der Waals surface area contributed by atoms with E-state index in [4.69, 9.17) is 0 Å². The molecule has 0 aromatic carbocycles. The number of hydrogen-bond donors (Lipinski definition) is 1. The van der Waals surface area contributed by atoms with Crippen molar-refractivity contribution in [2.75, 3.05) is 6.54 Å². The molecule has 0 fully saturated rings. The summed E-state index contributed by atoms with van der Waals surface area (Å²) < 4.78 is 2.19. The molecule has 1 N–H and O–H groups in total. The Morgan fingerprint density at radius 1 is 1.48 bits per heavy atom. The van der Waals surface area contributed by atoms with Crippen molar-refractivity contribution in [1.29, 1.82) is 0 Å². The largest absolute Gasteiger partial charge is 0.352 e. The number of hydrogen-bond acceptors (Lipinski definition) is 3. The van der Waals surface area contributed by atoms with Crippen LogP contribution in [0.5, 0.6) is 0 Å². The van der Waals surface area contributed by atoms with Gasteiger partial charge in [0, 0.05) is 49.9 Å². The fourth-order valence-electron chi connectivity index (χ4n) is 2.85. The van der Waals surface area contributed by atoms with Crippen LogP contribution in [0.15, 0.2) is 30.9 Å². The zero-order valence-electron chi connectivity index (χ0n) is 12.2. The van der Waals surface area contributed by atoms with Crippen molar-refractivity contribution in [3.05, 3.63) is 47.8 Å². The van der Waals surface area contributed by atoms with Crippen LogP contribution in [-0.4, -0.2) is 27.0 Å². The molecule has 3 heterocycles. The number of nitrogens with one attached hydrogen (secondary N) is 1. The molecule has 21 heavy (non-hydrogen) atoms. The monoisotopic (exact) mass is 284 g/mol. The van der Waals surface area contributed by atoms with E-state index in [2.05, 4.69) is 19.9 Å². The van der Waals surface area contributed by atoms with Gasteiger partial charge < -0.3 is 9.88 Å². The van der Waals surface area contributed by atoms with Gasteiger partial charge in [-0.25, -0.2) is 4.98 Å². The van der Waals surface area contributed by atoms with Crippen molar-refractivity contribution in [1.82, 2.24) is 19.9 Å². The standard InChI is InChI=1S/C16H20N4O/c1-2-13-11-17-5-3-14(13)16(21)19-10-12-4-7-20-8-6-18-15(20)9-12/h3,5-6,8,11-12H,2,4,7,9-10H2,1H3,(H,19,21)/t12-/m0/s1. The lowest BCUT2D eigenvalue weighted by atomic mass is 9.97. The van der Waals surface area contributed by atoms with Gasteiger partial charge in [0.15, 0.2) is 0 Å². The van der Waals surface area contributed by atoms with Gasteiger partial charge in [0.05, 0.1) is 0 Å². The number of imidazole rings is 1. The molecule has 1 aliphatic rings. The highest BCUT2D eigenvalue weighted by Crippen LogP contribution is 2.18. The summed E-state index contributed by atoms with van der Waals surface area (Å²) in [4.78, 5) is 20.7. The quantitative estimate of drug-likeness (QED) is 0.932. The van der Waals surface area contributed by atoms with Crippen molar-refractivity contribution in [2.24, 2.45) is 5.92 Å². The van der Waals surface area contributed by atoms with E-state index >= 15 is 0 Å². The fraction of sp³-hybridized carbons (Fsp3) is 0.438. The number of rotatable bonds is 4. The third kappa shape index (κ3) is 2.96. The van der Waals surface area contributed by atoms with Gasteiger partial charge in [0.25, 0.3) is 5.91 Å². The van der Waals surface area contributed by atoms with Crippen LogP contribution >= 0.6 is 0 Å². The molecule has 5 heteroatoms. The first-order chi connectivity index (χ1) is 10.3. The number of aryl methyl sites for hydroxylation is 2. The molecule has 1 aliphatic heterocycles. The highest BCUT2D eigenvalue weighted by atomic mass is 16.1. The Morgan fingerprint density at radius 2 is 2.38 bits per heavy atom. The highest BCUT2D eigenvalue weighted by Gasteiger charge is 2.20. The van der Waals surface area contributed by atoms with Gasteiger partial charge in [-0.2, -0.15) is 0 Å². The maximum absolute atomic E-state index is 12.3. The maximum Gasteiger partial charge on any atom is 0.251 e. The second-order valence-electron chi connectivity index (χ2n) is 5.49. The SMILES string of the molecule is CCc1cnccc1C(=O)NC[C@H]1CCn2ccnc2C1. The lowest BCUT2D eigenvalue weighted by Crippen LogP contribution is -2.33. The number of carbonyl (C=O) groups is 1. The van der Waals surface area contributed by atoms with Gasteiger partial charge in [-0.05, 0) is 30.4 Å². The molecule has 3 rings (SSSR count). The molecule has 1 amide bonds. The van der Waals surface area contributed by atoms with E-state index in [9.17, 15) is 4.79 Å². The van der Waals surface area contributed by atoms with Gasteiger partial charge in [-0.3, -0.25) is 9.78 Å². The van der Waals surface area contributed by atoms with E-state index in [0.717, 1.165) is 42.8 Å². The van der Waals surface area contributed by atoms with Gasteiger partial charge in [-0.15, -0.1) is 0 Å². The Morgan fingerprint density at radius 3 is 3.24 bits per heavy atom. The van der Waals surface area contributed by atoms with Crippen LogP contribution in [0.2, 0.25) is 0 Å². The molecule has 0 aliphatic carbocycles. The predicted molar refractivity (Wildman–Crippen MR) is 80.0 cm³/mol. The van der Waals surface area contributed by atoms with Crippen molar-refractivity contribution in [3.63, 3.8) is 0 Å². The lowest BCUT2D eigenvalue weighted by molar-refractivity contribution is 0.0943. The summed E-state index contributed by atoms with van der Waals surface area (Å²) in [5.74, 6) is 1.59. The van der Waals surface area contributed by atoms with Crippen LogP contribution in [0.3, 0.4) is 0 Å². The molecule has 0 bridgehead atoms. The van der Waals surface area contributed by atoms with Crippen LogP contribution < -0.4 is 5.32 Å². The Labute approximate surface area is 124 Å². The Balaban J connectivity index is 1.59. The first-order valence-corrected chi connectivity index (χ1v) is 7.49. The zero-order valence-corrected chi connectivity index (χ0v) is 12.2. The highest BCUT2D eigenvalue weighted by molar-refractivity contribution is 5.95. The minimum absolute atomic E-state index is 0.00293. The molecule has 0 saturated heterocycles. The van der Waals surface area contributed by atoms with Gasteiger partial charge in [0.2, 0.25) is 0 Å². The number of fused-ring (bicyclic) bond motifs is 1. The summed E-state index contributed by atoms with van der Waals surface area (Å²) in [6.07, 6.45) is 10.1. The van der Waals surface area contributed by atoms with Crippen LogP contribution in [0.25, 0.3) is 0 Å². The molecular formula is C16H20N4O. The summed E-state index contributed by atoms with van der Waals surface area (Å²) in [7, 11) is 0. The molecule has 0 saturated carbocycles. The molecule has 2 aromatic heterocycles. The lowest BCUT2D eigenvalue weighted by Gasteiger charge is -2.23. The van der Waals surface area contributed by atoms with Crippen molar-refractivity contribution in [2.45, 2.75) is 32.7 Å². The van der Waals surface area contributed by atoms with Gasteiger partial charge in [0.1, 0.15) is 5.82 Å². The molecular weight excluding hydrogens is 264 g/mol. The van der Waals surface area contributed by atoms with Crippen LogP contribution in [0.4, 0.5) is 0 Å². The summed E-state index contributed by atoms with van der Waals surface area (Å²) in [5.41, 5.74) is 1.74. The average molecular weight is 284 g/mol. The van der Waals surface area contributed by atoms with E-state index < -0.39 is 0 Å². The number of nitrogens with zero attached hydrogens (tertiary/aromatic N) is 3. The number of amides is 1.